The van der Waals surface area contributed by atoms with Crippen LogP contribution in [-0.4, -0.2) is 22.0 Å². The van der Waals surface area contributed by atoms with Gasteiger partial charge in [0, 0.05) is 4.47 Å². The van der Waals surface area contributed by atoms with E-state index in [4.69, 9.17) is 0 Å². The van der Waals surface area contributed by atoms with E-state index in [2.05, 4.69) is 57.5 Å². The Labute approximate surface area is 116 Å². The van der Waals surface area contributed by atoms with E-state index in [9.17, 15) is 0 Å². The molecule has 2 aromatic rings. The lowest BCUT2D eigenvalue weighted by Crippen LogP contribution is -2.14. The Bertz CT molecular complexity index is 542. The fourth-order valence-corrected chi connectivity index (χ4v) is 2.56. The van der Waals surface area contributed by atoms with Gasteiger partial charge in [0.1, 0.15) is 5.69 Å². The summed E-state index contributed by atoms with van der Waals surface area (Å²) in [6, 6.07) is 6.42. The first-order chi connectivity index (χ1) is 8.52. The van der Waals surface area contributed by atoms with E-state index in [1.54, 1.807) is 0 Å². The summed E-state index contributed by atoms with van der Waals surface area (Å²) in [7, 11) is 1.92. The van der Waals surface area contributed by atoms with Gasteiger partial charge in [-0.1, -0.05) is 21.1 Å². The summed E-state index contributed by atoms with van der Waals surface area (Å²) in [6.45, 7) is 6.19. The molecule has 0 saturated heterocycles. The van der Waals surface area contributed by atoms with E-state index < -0.39 is 0 Å². The van der Waals surface area contributed by atoms with Crippen molar-refractivity contribution in [2.24, 2.45) is 0 Å². The third-order valence-electron chi connectivity index (χ3n) is 3.04. The lowest BCUT2D eigenvalue weighted by Gasteiger charge is -2.09. The van der Waals surface area contributed by atoms with E-state index in [0.29, 0.717) is 0 Å². The number of hydrogen-bond donors (Lipinski definition) is 1. The van der Waals surface area contributed by atoms with Crippen molar-refractivity contribution in [3.63, 3.8) is 0 Å². The summed E-state index contributed by atoms with van der Waals surface area (Å²) < 4.78 is 2.93. The van der Waals surface area contributed by atoms with Gasteiger partial charge < -0.3 is 5.32 Å². The molecule has 1 N–H and O–H groups in total. The van der Waals surface area contributed by atoms with E-state index in [1.807, 2.05) is 24.7 Å². The maximum Gasteiger partial charge on any atom is 0.103 e. The van der Waals surface area contributed by atoms with Crippen molar-refractivity contribution < 1.29 is 0 Å². The number of halogens is 1. The van der Waals surface area contributed by atoms with Crippen LogP contribution in [0.2, 0.25) is 0 Å². The highest BCUT2D eigenvalue weighted by Gasteiger charge is 2.15. The van der Waals surface area contributed by atoms with Crippen molar-refractivity contribution in [2.45, 2.75) is 26.8 Å². The second-order valence-corrected chi connectivity index (χ2v) is 5.38. The number of aromatic nitrogens is 3. The minimum absolute atomic E-state index is 0.201. The molecule has 0 aliphatic heterocycles. The van der Waals surface area contributed by atoms with Crippen LogP contribution >= 0.6 is 15.9 Å². The van der Waals surface area contributed by atoms with Crippen LogP contribution in [0.1, 0.15) is 29.9 Å². The summed E-state index contributed by atoms with van der Waals surface area (Å²) >= 11 is 3.51. The van der Waals surface area contributed by atoms with E-state index in [0.717, 1.165) is 21.5 Å². The summed E-state index contributed by atoms with van der Waals surface area (Å²) in [5, 5.41) is 11.7. The molecule has 0 aliphatic rings. The Morgan fingerprint density at radius 1 is 1.28 bits per heavy atom. The van der Waals surface area contributed by atoms with Gasteiger partial charge in [0.2, 0.25) is 0 Å². The smallest absolute Gasteiger partial charge is 0.103 e. The van der Waals surface area contributed by atoms with E-state index >= 15 is 0 Å². The molecule has 0 aliphatic carbocycles. The standard InChI is InChI=1S/C13H17BrN4/c1-8-5-11(14)7-12(6-8)18-10(3)13(16-17-18)9(2)15-4/h5-7,9,15H,1-4H3. The molecular formula is C13H17BrN4. The highest BCUT2D eigenvalue weighted by molar-refractivity contribution is 9.10. The van der Waals surface area contributed by atoms with Crippen LogP contribution in [0.4, 0.5) is 0 Å². The predicted octanol–water partition coefficient (Wildman–Crippen LogP) is 2.93. The second kappa shape index (κ2) is 5.20. The molecule has 2 rings (SSSR count). The number of nitrogens with zero attached hydrogens (tertiary/aromatic N) is 3. The minimum Gasteiger partial charge on any atom is -0.312 e. The zero-order valence-electron chi connectivity index (χ0n) is 11.0. The molecule has 1 aromatic carbocycles. The molecular weight excluding hydrogens is 292 g/mol. The van der Waals surface area contributed by atoms with Crippen LogP contribution in [0.5, 0.6) is 0 Å². The normalized spacial score (nSPS) is 12.7. The number of rotatable bonds is 3. The van der Waals surface area contributed by atoms with E-state index in [1.165, 1.54) is 5.56 Å². The molecule has 1 atom stereocenters. The van der Waals surface area contributed by atoms with Crippen LogP contribution in [0.3, 0.4) is 0 Å². The molecule has 1 aromatic heterocycles. The zero-order chi connectivity index (χ0) is 13.3. The van der Waals surface area contributed by atoms with Crippen molar-refractivity contribution >= 4 is 15.9 Å². The van der Waals surface area contributed by atoms with Gasteiger partial charge >= 0.3 is 0 Å². The van der Waals surface area contributed by atoms with Gasteiger partial charge in [0.15, 0.2) is 0 Å². The number of nitrogens with one attached hydrogen (secondary N) is 1. The van der Waals surface area contributed by atoms with Gasteiger partial charge in [-0.05, 0) is 51.6 Å². The van der Waals surface area contributed by atoms with Crippen LogP contribution in [0.15, 0.2) is 22.7 Å². The summed E-state index contributed by atoms with van der Waals surface area (Å²) in [5.41, 5.74) is 4.27. The lowest BCUT2D eigenvalue weighted by atomic mass is 10.2. The lowest BCUT2D eigenvalue weighted by molar-refractivity contribution is 0.627. The first kappa shape index (κ1) is 13.2. The fourth-order valence-electron chi connectivity index (χ4n) is 1.96. The first-order valence-corrected chi connectivity index (χ1v) is 6.69. The van der Waals surface area contributed by atoms with Crippen LogP contribution in [0, 0.1) is 13.8 Å². The molecule has 0 spiro atoms. The Hall–Kier alpha value is -1.20. The predicted molar refractivity (Wildman–Crippen MR) is 76.0 cm³/mol. The van der Waals surface area contributed by atoms with Gasteiger partial charge in [-0.2, -0.15) is 0 Å². The molecule has 1 heterocycles. The topological polar surface area (TPSA) is 42.7 Å². The third-order valence-corrected chi connectivity index (χ3v) is 3.50. The largest absolute Gasteiger partial charge is 0.312 e. The highest BCUT2D eigenvalue weighted by atomic mass is 79.9. The van der Waals surface area contributed by atoms with Crippen LogP contribution in [0.25, 0.3) is 5.69 Å². The third kappa shape index (κ3) is 2.47. The SMILES string of the molecule is CNC(C)c1nnn(-c2cc(C)cc(Br)c2)c1C. The van der Waals surface area contributed by atoms with Gasteiger partial charge in [0.25, 0.3) is 0 Å². The van der Waals surface area contributed by atoms with E-state index in [-0.39, 0.29) is 6.04 Å². The number of aryl methyl sites for hydroxylation is 1. The Morgan fingerprint density at radius 3 is 2.61 bits per heavy atom. The van der Waals surface area contributed by atoms with Crippen molar-refractivity contribution in [1.82, 2.24) is 20.3 Å². The molecule has 0 bridgehead atoms. The van der Waals surface area contributed by atoms with Crippen LogP contribution < -0.4 is 5.32 Å². The summed E-state index contributed by atoms with van der Waals surface area (Å²) in [4.78, 5) is 0. The maximum atomic E-state index is 4.26. The number of benzene rings is 1. The molecule has 0 fully saturated rings. The molecule has 0 saturated carbocycles. The zero-order valence-corrected chi connectivity index (χ0v) is 12.6. The van der Waals surface area contributed by atoms with Gasteiger partial charge in [-0.25, -0.2) is 4.68 Å². The van der Waals surface area contributed by atoms with Crippen molar-refractivity contribution in [2.75, 3.05) is 7.05 Å². The molecule has 4 nitrogen and oxygen atoms in total. The highest BCUT2D eigenvalue weighted by Crippen LogP contribution is 2.21. The van der Waals surface area contributed by atoms with Crippen molar-refractivity contribution in [3.05, 3.63) is 39.6 Å². The molecule has 1 unspecified atom stereocenters. The van der Waals surface area contributed by atoms with Gasteiger partial charge in [-0.15, -0.1) is 5.10 Å². The summed E-state index contributed by atoms with van der Waals surface area (Å²) in [5.74, 6) is 0. The van der Waals surface area contributed by atoms with Crippen molar-refractivity contribution in [3.8, 4) is 5.69 Å². The van der Waals surface area contributed by atoms with Crippen molar-refractivity contribution in [1.29, 1.82) is 0 Å². The average molecular weight is 309 g/mol. The Balaban J connectivity index is 2.48. The quantitative estimate of drug-likeness (QED) is 0.948. The molecule has 0 radical (unpaired) electrons. The molecule has 5 heteroatoms. The second-order valence-electron chi connectivity index (χ2n) is 4.47. The van der Waals surface area contributed by atoms with Gasteiger partial charge in [0.05, 0.1) is 17.4 Å². The average Bonchev–Trinajstić information content (AvgIpc) is 2.69. The Kier molecular flexibility index (Phi) is 3.82. The molecule has 96 valence electrons. The minimum atomic E-state index is 0.201. The first-order valence-electron chi connectivity index (χ1n) is 5.90. The van der Waals surface area contributed by atoms with Crippen LogP contribution in [-0.2, 0) is 0 Å². The Morgan fingerprint density at radius 2 is 2.00 bits per heavy atom. The molecule has 0 amide bonds. The van der Waals surface area contributed by atoms with Gasteiger partial charge in [-0.3, -0.25) is 0 Å². The maximum absolute atomic E-state index is 4.26. The number of hydrogen-bond acceptors (Lipinski definition) is 3. The molecule has 18 heavy (non-hydrogen) atoms. The monoisotopic (exact) mass is 308 g/mol. The summed E-state index contributed by atoms with van der Waals surface area (Å²) in [6.07, 6.45) is 0. The fraction of sp³-hybridized carbons (Fsp3) is 0.385.